The van der Waals surface area contributed by atoms with Crippen LogP contribution < -0.4 is 10.2 Å². The first-order chi connectivity index (χ1) is 7.99. The fourth-order valence-electron chi connectivity index (χ4n) is 1.72. The van der Waals surface area contributed by atoms with Gasteiger partial charge in [0.25, 0.3) is 0 Å². The van der Waals surface area contributed by atoms with E-state index in [-0.39, 0.29) is 0 Å². The van der Waals surface area contributed by atoms with E-state index in [0.29, 0.717) is 5.41 Å². The number of hydrogen-bond acceptors (Lipinski definition) is 2. The molecule has 0 unspecified atom stereocenters. The number of benzene rings is 1. The van der Waals surface area contributed by atoms with Crippen LogP contribution in [-0.4, -0.2) is 26.7 Å². The van der Waals surface area contributed by atoms with E-state index in [9.17, 15) is 0 Å². The first-order valence-electron chi connectivity index (χ1n) is 6.46. The lowest BCUT2D eigenvalue weighted by atomic mass is 9.97. The van der Waals surface area contributed by atoms with E-state index < -0.39 is 0 Å². The van der Waals surface area contributed by atoms with Crippen molar-refractivity contribution >= 4 is 5.69 Å². The highest BCUT2D eigenvalue weighted by molar-refractivity contribution is 5.44. The lowest BCUT2D eigenvalue weighted by Crippen LogP contribution is -2.29. The van der Waals surface area contributed by atoms with Crippen LogP contribution in [0.1, 0.15) is 27.2 Å². The molecule has 0 aliphatic heterocycles. The number of rotatable bonds is 6. The van der Waals surface area contributed by atoms with Crippen molar-refractivity contribution in [2.75, 3.05) is 31.6 Å². The van der Waals surface area contributed by atoms with E-state index in [1.54, 1.807) is 0 Å². The minimum atomic E-state index is 0.380. The summed E-state index contributed by atoms with van der Waals surface area (Å²) in [4.78, 5) is 2.30. The minimum Gasteiger partial charge on any atom is -0.375 e. The summed E-state index contributed by atoms with van der Waals surface area (Å²) in [7, 11) is 2.15. The first-order valence-corrected chi connectivity index (χ1v) is 6.46. The van der Waals surface area contributed by atoms with Gasteiger partial charge >= 0.3 is 0 Å². The fourth-order valence-corrected chi connectivity index (χ4v) is 1.72. The Labute approximate surface area is 106 Å². The molecule has 1 aromatic rings. The molecule has 2 nitrogen and oxygen atoms in total. The lowest BCUT2D eigenvalue weighted by molar-refractivity contribution is 0.379. The topological polar surface area (TPSA) is 15.3 Å². The molecule has 0 saturated heterocycles. The third kappa shape index (κ3) is 6.32. The van der Waals surface area contributed by atoms with Gasteiger partial charge in [0.1, 0.15) is 0 Å². The van der Waals surface area contributed by atoms with Gasteiger partial charge in [0.15, 0.2) is 0 Å². The Morgan fingerprint density at radius 1 is 1.12 bits per heavy atom. The SMILES string of the molecule is CN(CCCNCC(C)(C)C)c1ccccc1. The largest absolute Gasteiger partial charge is 0.375 e. The maximum Gasteiger partial charge on any atom is 0.0363 e. The molecule has 17 heavy (non-hydrogen) atoms. The van der Waals surface area contributed by atoms with Crippen molar-refractivity contribution < 1.29 is 0 Å². The lowest BCUT2D eigenvalue weighted by Gasteiger charge is -2.21. The Hall–Kier alpha value is -1.02. The summed E-state index contributed by atoms with van der Waals surface area (Å²) >= 11 is 0. The molecule has 2 heteroatoms. The van der Waals surface area contributed by atoms with E-state index in [2.05, 4.69) is 68.4 Å². The highest BCUT2D eigenvalue weighted by Crippen LogP contribution is 2.11. The predicted octanol–water partition coefficient (Wildman–Crippen LogP) is 3.15. The van der Waals surface area contributed by atoms with Crippen LogP contribution in [0.2, 0.25) is 0 Å². The van der Waals surface area contributed by atoms with Crippen molar-refractivity contribution in [2.24, 2.45) is 5.41 Å². The van der Waals surface area contributed by atoms with E-state index >= 15 is 0 Å². The summed E-state index contributed by atoms with van der Waals surface area (Å²) in [5.41, 5.74) is 1.68. The number of hydrogen-bond donors (Lipinski definition) is 1. The van der Waals surface area contributed by atoms with Crippen LogP contribution in [-0.2, 0) is 0 Å². The molecule has 0 aliphatic carbocycles. The first kappa shape index (κ1) is 14.0. The van der Waals surface area contributed by atoms with Gasteiger partial charge in [0, 0.05) is 19.3 Å². The third-order valence-electron chi connectivity index (χ3n) is 2.70. The Bertz CT molecular complexity index is 300. The second kappa shape index (κ2) is 6.65. The molecule has 0 atom stereocenters. The summed E-state index contributed by atoms with van der Waals surface area (Å²) in [5.74, 6) is 0. The van der Waals surface area contributed by atoms with Gasteiger partial charge < -0.3 is 10.2 Å². The summed E-state index contributed by atoms with van der Waals surface area (Å²) < 4.78 is 0. The van der Waals surface area contributed by atoms with Crippen LogP contribution in [0.3, 0.4) is 0 Å². The average molecular weight is 234 g/mol. The molecule has 0 bridgehead atoms. The van der Waals surface area contributed by atoms with Gasteiger partial charge in [0.2, 0.25) is 0 Å². The van der Waals surface area contributed by atoms with Crippen molar-refractivity contribution in [1.29, 1.82) is 0 Å². The molecule has 0 amide bonds. The summed E-state index contributed by atoms with van der Waals surface area (Å²) in [6.45, 7) is 10.1. The average Bonchev–Trinajstić information content (AvgIpc) is 2.28. The third-order valence-corrected chi connectivity index (χ3v) is 2.70. The van der Waals surface area contributed by atoms with Gasteiger partial charge in [-0.2, -0.15) is 0 Å². The zero-order chi connectivity index (χ0) is 12.7. The molecule has 0 saturated carbocycles. The summed E-state index contributed by atoms with van der Waals surface area (Å²) in [6, 6.07) is 10.5. The molecule has 0 spiro atoms. The quantitative estimate of drug-likeness (QED) is 0.761. The number of para-hydroxylation sites is 1. The molecular weight excluding hydrogens is 208 g/mol. The van der Waals surface area contributed by atoms with Gasteiger partial charge in [-0.05, 0) is 37.1 Å². The van der Waals surface area contributed by atoms with Crippen molar-refractivity contribution in [3.63, 3.8) is 0 Å². The summed E-state index contributed by atoms with van der Waals surface area (Å²) in [5, 5.41) is 3.51. The second-order valence-electron chi connectivity index (χ2n) is 5.85. The molecular formula is C15H26N2. The Morgan fingerprint density at radius 3 is 2.35 bits per heavy atom. The molecule has 0 fully saturated rings. The molecule has 0 heterocycles. The maximum absolute atomic E-state index is 3.51. The molecule has 1 N–H and O–H groups in total. The van der Waals surface area contributed by atoms with Crippen LogP contribution in [0.25, 0.3) is 0 Å². The normalized spacial score (nSPS) is 11.5. The minimum absolute atomic E-state index is 0.380. The molecule has 0 aliphatic rings. The fraction of sp³-hybridized carbons (Fsp3) is 0.600. The van der Waals surface area contributed by atoms with Crippen LogP contribution in [0.15, 0.2) is 30.3 Å². The number of anilines is 1. The maximum atomic E-state index is 3.51. The Morgan fingerprint density at radius 2 is 1.76 bits per heavy atom. The van der Waals surface area contributed by atoms with Gasteiger partial charge in [-0.15, -0.1) is 0 Å². The van der Waals surface area contributed by atoms with E-state index in [0.717, 1.165) is 19.6 Å². The van der Waals surface area contributed by atoms with Crippen molar-refractivity contribution in [1.82, 2.24) is 5.32 Å². The van der Waals surface area contributed by atoms with Gasteiger partial charge in [0.05, 0.1) is 0 Å². The highest BCUT2D eigenvalue weighted by Gasteiger charge is 2.08. The number of nitrogens with one attached hydrogen (secondary N) is 1. The van der Waals surface area contributed by atoms with Crippen molar-refractivity contribution in [3.05, 3.63) is 30.3 Å². The van der Waals surface area contributed by atoms with Gasteiger partial charge in [-0.1, -0.05) is 39.0 Å². The van der Waals surface area contributed by atoms with Crippen LogP contribution >= 0.6 is 0 Å². The Balaban J connectivity index is 2.15. The standard InChI is InChI=1S/C15H26N2/c1-15(2,3)13-16-11-8-12-17(4)14-9-6-5-7-10-14/h5-7,9-10,16H,8,11-13H2,1-4H3. The van der Waals surface area contributed by atoms with Gasteiger partial charge in [-0.3, -0.25) is 0 Å². The monoisotopic (exact) mass is 234 g/mol. The molecule has 1 rings (SSSR count). The van der Waals surface area contributed by atoms with Crippen LogP contribution in [0.4, 0.5) is 5.69 Å². The zero-order valence-corrected chi connectivity index (χ0v) is 11.7. The van der Waals surface area contributed by atoms with Crippen molar-refractivity contribution in [3.8, 4) is 0 Å². The Kier molecular flexibility index (Phi) is 5.49. The van der Waals surface area contributed by atoms with Crippen molar-refractivity contribution in [2.45, 2.75) is 27.2 Å². The highest BCUT2D eigenvalue weighted by atomic mass is 15.1. The number of nitrogens with zero attached hydrogens (tertiary/aromatic N) is 1. The molecule has 1 aromatic carbocycles. The summed E-state index contributed by atoms with van der Waals surface area (Å²) in [6.07, 6.45) is 1.18. The molecule has 96 valence electrons. The van der Waals surface area contributed by atoms with E-state index in [1.165, 1.54) is 12.1 Å². The zero-order valence-electron chi connectivity index (χ0n) is 11.7. The van der Waals surface area contributed by atoms with E-state index in [1.807, 2.05) is 0 Å². The molecule has 0 radical (unpaired) electrons. The second-order valence-corrected chi connectivity index (χ2v) is 5.85. The smallest absolute Gasteiger partial charge is 0.0363 e. The van der Waals surface area contributed by atoms with Crippen LogP contribution in [0.5, 0.6) is 0 Å². The predicted molar refractivity (Wildman–Crippen MR) is 76.7 cm³/mol. The van der Waals surface area contributed by atoms with Crippen LogP contribution in [0, 0.1) is 5.41 Å². The van der Waals surface area contributed by atoms with E-state index in [4.69, 9.17) is 0 Å². The molecule has 0 aromatic heterocycles. The van der Waals surface area contributed by atoms with Gasteiger partial charge in [-0.25, -0.2) is 0 Å².